The Bertz CT molecular complexity index is 728. The molecule has 116 valence electrons. The number of rotatable bonds is 3. The van der Waals surface area contributed by atoms with Crippen molar-refractivity contribution in [1.82, 2.24) is 0 Å². The van der Waals surface area contributed by atoms with Crippen LogP contribution in [0.25, 0.3) is 11.3 Å². The molecule has 0 radical (unpaired) electrons. The highest BCUT2D eigenvalue weighted by atomic mass is 35.5. The number of aromatic carboxylic acids is 1. The molecular formula is C16H16ClNO4. The minimum atomic E-state index is -1.15. The van der Waals surface area contributed by atoms with E-state index < -0.39 is 11.4 Å². The second kappa shape index (κ2) is 5.85. The molecule has 0 spiro atoms. The van der Waals surface area contributed by atoms with Gasteiger partial charge in [-0.25, -0.2) is 4.79 Å². The van der Waals surface area contributed by atoms with Gasteiger partial charge in [0, 0.05) is 16.0 Å². The largest absolute Gasteiger partial charge is 0.475 e. The number of carboxylic acids is 1. The summed E-state index contributed by atoms with van der Waals surface area (Å²) < 4.78 is 5.28. The third-order valence-electron chi connectivity index (χ3n) is 2.99. The zero-order chi connectivity index (χ0) is 16.5. The van der Waals surface area contributed by atoms with Gasteiger partial charge in [-0.05, 0) is 30.3 Å². The average molecular weight is 322 g/mol. The van der Waals surface area contributed by atoms with E-state index in [1.54, 1.807) is 45.0 Å². The van der Waals surface area contributed by atoms with Crippen LogP contribution in [0.4, 0.5) is 5.69 Å². The quantitative estimate of drug-likeness (QED) is 0.884. The second-order valence-electron chi connectivity index (χ2n) is 5.86. The molecule has 0 saturated carbocycles. The van der Waals surface area contributed by atoms with Crippen LogP contribution in [0.1, 0.15) is 31.3 Å². The Balaban J connectivity index is 2.43. The number of furan rings is 1. The summed E-state index contributed by atoms with van der Waals surface area (Å²) in [6, 6.07) is 7.82. The summed E-state index contributed by atoms with van der Waals surface area (Å²) in [5.74, 6) is -1.15. The third kappa shape index (κ3) is 3.49. The van der Waals surface area contributed by atoms with E-state index in [9.17, 15) is 9.59 Å². The number of carbonyl (C=O) groups is 2. The molecule has 1 aromatic heterocycles. The molecule has 1 aromatic carbocycles. The van der Waals surface area contributed by atoms with Gasteiger partial charge in [-0.2, -0.15) is 0 Å². The van der Waals surface area contributed by atoms with E-state index in [-0.39, 0.29) is 11.7 Å². The Morgan fingerprint density at radius 1 is 1.18 bits per heavy atom. The monoisotopic (exact) mass is 321 g/mol. The fourth-order valence-electron chi connectivity index (χ4n) is 1.74. The van der Waals surface area contributed by atoms with Crippen molar-refractivity contribution < 1.29 is 19.1 Å². The fourth-order valence-corrected chi connectivity index (χ4v) is 1.91. The number of anilines is 1. The van der Waals surface area contributed by atoms with Crippen LogP contribution < -0.4 is 5.32 Å². The van der Waals surface area contributed by atoms with Crippen LogP contribution in [0, 0.1) is 5.41 Å². The maximum atomic E-state index is 12.2. The summed E-state index contributed by atoms with van der Waals surface area (Å²) >= 11 is 5.98. The molecule has 6 heteroatoms. The molecular weight excluding hydrogens is 306 g/mol. The van der Waals surface area contributed by atoms with Gasteiger partial charge in [0.05, 0.1) is 5.69 Å². The van der Waals surface area contributed by atoms with Crippen LogP contribution in [0.5, 0.6) is 0 Å². The summed E-state index contributed by atoms with van der Waals surface area (Å²) in [6.07, 6.45) is 0. The first kappa shape index (κ1) is 16.1. The summed E-state index contributed by atoms with van der Waals surface area (Å²) in [5.41, 5.74) is 0.461. The summed E-state index contributed by atoms with van der Waals surface area (Å²) in [6.45, 7) is 5.38. The smallest absolute Gasteiger partial charge is 0.371 e. The lowest BCUT2D eigenvalue weighted by atomic mass is 9.95. The molecule has 2 rings (SSSR count). The van der Waals surface area contributed by atoms with Gasteiger partial charge < -0.3 is 14.8 Å². The van der Waals surface area contributed by atoms with Crippen molar-refractivity contribution in [2.45, 2.75) is 20.8 Å². The van der Waals surface area contributed by atoms with E-state index in [0.717, 1.165) is 0 Å². The number of nitrogens with one attached hydrogen (secondary N) is 1. The molecule has 2 N–H and O–H groups in total. The molecule has 0 unspecified atom stereocenters. The normalized spacial score (nSPS) is 11.3. The molecule has 1 heterocycles. The standard InChI is InChI=1S/C16H16ClNO4/c1-16(2,3)15(21)18-11-8-9(17)4-5-10(11)12-6-7-13(22-12)14(19)20/h4-8H,1-3H3,(H,18,21)(H,19,20). The number of hydrogen-bond donors (Lipinski definition) is 2. The highest BCUT2D eigenvalue weighted by molar-refractivity contribution is 6.31. The van der Waals surface area contributed by atoms with E-state index in [4.69, 9.17) is 21.1 Å². The van der Waals surface area contributed by atoms with Gasteiger partial charge in [0.1, 0.15) is 5.76 Å². The maximum Gasteiger partial charge on any atom is 0.371 e. The molecule has 2 aromatic rings. The van der Waals surface area contributed by atoms with Gasteiger partial charge in [0.15, 0.2) is 0 Å². The molecule has 0 atom stereocenters. The zero-order valence-corrected chi connectivity index (χ0v) is 13.2. The van der Waals surface area contributed by atoms with E-state index in [1.165, 1.54) is 6.07 Å². The van der Waals surface area contributed by atoms with Crippen molar-refractivity contribution in [2.75, 3.05) is 5.32 Å². The highest BCUT2D eigenvalue weighted by Crippen LogP contribution is 2.33. The summed E-state index contributed by atoms with van der Waals surface area (Å²) in [4.78, 5) is 23.1. The fraction of sp³-hybridized carbons (Fsp3) is 0.250. The molecule has 1 amide bonds. The van der Waals surface area contributed by atoms with Gasteiger partial charge >= 0.3 is 5.97 Å². The predicted molar refractivity (Wildman–Crippen MR) is 84.2 cm³/mol. The summed E-state index contributed by atoms with van der Waals surface area (Å²) in [5, 5.41) is 12.2. The van der Waals surface area contributed by atoms with Crippen LogP contribution in [0.2, 0.25) is 5.02 Å². The molecule has 0 aliphatic heterocycles. The average Bonchev–Trinajstić information content (AvgIpc) is 2.87. The highest BCUT2D eigenvalue weighted by Gasteiger charge is 2.23. The second-order valence-corrected chi connectivity index (χ2v) is 6.30. The van der Waals surface area contributed by atoms with Gasteiger partial charge in [-0.3, -0.25) is 4.79 Å². The number of carboxylic acid groups (broad SMARTS) is 1. The number of benzene rings is 1. The van der Waals surface area contributed by atoms with Crippen molar-refractivity contribution in [3.8, 4) is 11.3 Å². The number of hydrogen-bond acceptors (Lipinski definition) is 3. The lowest BCUT2D eigenvalue weighted by Gasteiger charge is -2.19. The number of amides is 1. The van der Waals surface area contributed by atoms with Crippen molar-refractivity contribution in [3.05, 3.63) is 41.1 Å². The maximum absolute atomic E-state index is 12.2. The van der Waals surface area contributed by atoms with Crippen LogP contribution in [-0.4, -0.2) is 17.0 Å². The van der Waals surface area contributed by atoms with Crippen molar-refractivity contribution >= 4 is 29.2 Å². The Kier molecular flexibility index (Phi) is 4.28. The predicted octanol–water partition coefficient (Wildman–Crippen LogP) is 4.28. The van der Waals surface area contributed by atoms with Gasteiger partial charge in [-0.1, -0.05) is 32.4 Å². The van der Waals surface area contributed by atoms with E-state index in [0.29, 0.717) is 22.0 Å². The molecule has 0 bridgehead atoms. The first-order valence-corrected chi connectivity index (χ1v) is 7.01. The van der Waals surface area contributed by atoms with Crippen LogP contribution in [0.3, 0.4) is 0 Å². The Hall–Kier alpha value is -2.27. The van der Waals surface area contributed by atoms with Crippen LogP contribution >= 0.6 is 11.6 Å². The summed E-state index contributed by atoms with van der Waals surface area (Å²) in [7, 11) is 0. The molecule has 0 aliphatic rings. The Morgan fingerprint density at radius 3 is 2.41 bits per heavy atom. The molecule has 0 aliphatic carbocycles. The third-order valence-corrected chi connectivity index (χ3v) is 3.23. The van der Waals surface area contributed by atoms with Crippen molar-refractivity contribution in [2.24, 2.45) is 5.41 Å². The van der Waals surface area contributed by atoms with Crippen molar-refractivity contribution in [3.63, 3.8) is 0 Å². The van der Waals surface area contributed by atoms with Gasteiger partial charge in [0.2, 0.25) is 11.7 Å². The zero-order valence-electron chi connectivity index (χ0n) is 12.4. The van der Waals surface area contributed by atoms with E-state index >= 15 is 0 Å². The first-order valence-electron chi connectivity index (χ1n) is 6.63. The SMILES string of the molecule is CC(C)(C)C(=O)Nc1cc(Cl)ccc1-c1ccc(C(=O)O)o1. The van der Waals surface area contributed by atoms with Crippen LogP contribution in [-0.2, 0) is 4.79 Å². The van der Waals surface area contributed by atoms with Crippen LogP contribution in [0.15, 0.2) is 34.7 Å². The minimum absolute atomic E-state index is 0.168. The first-order chi connectivity index (χ1) is 10.2. The topological polar surface area (TPSA) is 79.5 Å². The minimum Gasteiger partial charge on any atom is -0.475 e. The molecule has 0 saturated heterocycles. The number of halogens is 1. The number of carbonyl (C=O) groups excluding carboxylic acids is 1. The van der Waals surface area contributed by atoms with Gasteiger partial charge in [0.25, 0.3) is 0 Å². The van der Waals surface area contributed by atoms with Gasteiger partial charge in [-0.15, -0.1) is 0 Å². The lowest BCUT2D eigenvalue weighted by molar-refractivity contribution is -0.123. The van der Waals surface area contributed by atoms with Crippen molar-refractivity contribution in [1.29, 1.82) is 0 Å². The molecule has 5 nitrogen and oxygen atoms in total. The van der Waals surface area contributed by atoms with E-state index in [1.807, 2.05) is 0 Å². The lowest BCUT2D eigenvalue weighted by Crippen LogP contribution is -2.27. The van der Waals surface area contributed by atoms with E-state index in [2.05, 4.69) is 5.32 Å². The Morgan fingerprint density at radius 2 is 1.86 bits per heavy atom. The Labute approximate surface area is 132 Å². The molecule has 0 fully saturated rings. The molecule has 22 heavy (non-hydrogen) atoms.